The van der Waals surface area contributed by atoms with Crippen molar-refractivity contribution in [2.75, 3.05) is 0 Å². The molecule has 0 aromatic heterocycles. The molecule has 2 aliphatic rings. The van der Waals surface area contributed by atoms with Crippen LogP contribution in [0.5, 0.6) is 5.75 Å². The molecule has 0 saturated carbocycles. The van der Waals surface area contributed by atoms with E-state index in [0.717, 1.165) is 12.2 Å². The molecule has 0 bridgehead atoms. The number of ether oxygens (including phenoxy) is 2. The van der Waals surface area contributed by atoms with E-state index in [1.165, 1.54) is 12.0 Å². The molecule has 0 N–H and O–H groups in total. The minimum Gasteiger partial charge on any atom is -0.487 e. The first-order chi connectivity index (χ1) is 8.08. The van der Waals surface area contributed by atoms with E-state index < -0.39 is 0 Å². The minimum absolute atomic E-state index is 0.126. The van der Waals surface area contributed by atoms with Crippen molar-refractivity contribution in [1.29, 1.82) is 0 Å². The van der Waals surface area contributed by atoms with Crippen LogP contribution < -0.4 is 4.74 Å². The third kappa shape index (κ3) is 1.75. The number of hydrogen-bond donors (Lipinski definition) is 0. The van der Waals surface area contributed by atoms with Crippen molar-refractivity contribution >= 4 is 0 Å². The van der Waals surface area contributed by atoms with Crippen molar-refractivity contribution in [3.63, 3.8) is 0 Å². The van der Waals surface area contributed by atoms with Gasteiger partial charge in [0.25, 0.3) is 0 Å². The van der Waals surface area contributed by atoms with Gasteiger partial charge in [0, 0.05) is 11.5 Å². The summed E-state index contributed by atoms with van der Waals surface area (Å²) >= 11 is 0. The summed E-state index contributed by atoms with van der Waals surface area (Å²) in [6.07, 6.45) is 2.89. The number of fused-ring (bicyclic) bond motifs is 3. The van der Waals surface area contributed by atoms with Gasteiger partial charge in [0.2, 0.25) is 0 Å². The fourth-order valence-electron chi connectivity index (χ4n) is 3.15. The second kappa shape index (κ2) is 3.74. The van der Waals surface area contributed by atoms with Crippen LogP contribution in [0.25, 0.3) is 0 Å². The fourth-order valence-corrected chi connectivity index (χ4v) is 3.15. The van der Waals surface area contributed by atoms with E-state index in [1.54, 1.807) is 0 Å². The molecular formula is C15H20O2. The minimum atomic E-state index is -0.126. The third-order valence-electron chi connectivity index (χ3n) is 4.12. The van der Waals surface area contributed by atoms with Gasteiger partial charge in [0.05, 0.1) is 12.2 Å². The monoisotopic (exact) mass is 232 g/mol. The summed E-state index contributed by atoms with van der Waals surface area (Å²) in [5.41, 5.74) is 1.10. The molecule has 0 unspecified atom stereocenters. The number of benzene rings is 1. The molecule has 1 fully saturated rings. The molecule has 3 rings (SSSR count). The second-order valence-corrected chi connectivity index (χ2v) is 5.79. The second-order valence-electron chi connectivity index (χ2n) is 5.79. The van der Waals surface area contributed by atoms with Gasteiger partial charge in [0.15, 0.2) is 0 Å². The van der Waals surface area contributed by atoms with Gasteiger partial charge in [0.1, 0.15) is 11.4 Å². The molecule has 0 radical (unpaired) electrons. The average Bonchev–Trinajstić information content (AvgIpc) is 2.28. The molecule has 0 aliphatic carbocycles. The molecule has 0 spiro atoms. The highest BCUT2D eigenvalue weighted by molar-refractivity contribution is 5.39. The SMILES string of the molecule is C[C@H]1CC[C@H]2[C@H](O1)c1ccccc1OC2(C)C. The van der Waals surface area contributed by atoms with Crippen molar-refractivity contribution in [3.05, 3.63) is 29.8 Å². The maximum absolute atomic E-state index is 6.17. The van der Waals surface area contributed by atoms with Crippen LogP contribution in [0.4, 0.5) is 0 Å². The first-order valence-electron chi connectivity index (χ1n) is 6.51. The van der Waals surface area contributed by atoms with Gasteiger partial charge in [-0.2, -0.15) is 0 Å². The molecule has 2 heterocycles. The summed E-state index contributed by atoms with van der Waals surface area (Å²) in [6.45, 7) is 6.53. The van der Waals surface area contributed by atoms with E-state index in [9.17, 15) is 0 Å². The first-order valence-corrected chi connectivity index (χ1v) is 6.51. The van der Waals surface area contributed by atoms with Gasteiger partial charge < -0.3 is 9.47 Å². The van der Waals surface area contributed by atoms with Crippen molar-refractivity contribution in [3.8, 4) is 5.75 Å². The zero-order valence-corrected chi connectivity index (χ0v) is 10.8. The highest BCUT2D eigenvalue weighted by atomic mass is 16.5. The highest BCUT2D eigenvalue weighted by Crippen LogP contribution is 2.50. The van der Waals surface area contributed by atoms with Crippen LogP contribution in [0.2, 0.25) is 0 Å². The Morgan fingerprint density at radius 3 is 2.76 bits per heavy atom. The first kappa shape index (κ1) is 11.1. The summed E-state index contributed by atoms with van der Waals surface area (Å²) in [7, 11) is 0. The Morgan fingerprint density at radius 2 is 1.94 bits per heavy atom. The van der Waals surface area contributed by atoms with Gasteiger partial charge >= 0.3 is 0 Å². The molecule has 1 aromatic carbocycles. The molecule has 17 heavy (non-hydrogen) atoms. The quantitative estimate of drug-likeness (QED) is 0.679. The lowest BCUT2D eigenvalue weighted by Gasteiger charge is -2.48. The largest absolute Gasteiger partial charge is 0.487 e. The summed E-state index contributed by atoms with van der Waals surface area (Å²) in [5.74, 6) is 1.46. The average molecular weight is 232 g/mol. The molecule has 92 valence electrons. The van der Waals surface area contributed by atoms with E-state index in [0.29, 0.717) is 12.0 Å². The lowest BCUT2D eigenvalue weighted by molar-refractivity contribution is -0.144. The molecule has 1 aromatic rings. The van der Waals surface area contributed by atoms with E-state index >= 15 is 0 Å². The Hall–Kier alpha value is -1.02. The molecule has 3 atom stereocenters. The fraction of sp³-hybridized carbons (Fsp3) is 0.600. The van der Waals surface area contributed by atoms with Crippen molar-refractivity contribution in [2.45, 2.75) is 51.4 Å². The van der Waals surface area contributed by atoms with Crippen LogP contribution in [-0.2, 0) is 4.74 Å². The zero-order chi connectivity index (χ0) is 12.0. The van der Waals surface area contributed by atoms with E-state index in [2.05, 4.69) is 39.0 Å². The lowest BCUT2D eigenvalue weighted by Crippen LogP contribution is -2.48. The van der Waals surface area contributed by atoms with Crippen LogP contribution in [0.15, 0.2) is 24.3 Å². The van der Waals surface area contributed by atoms with Crippen molar-refractivity contribution in [2.24, 2.45) is 5.92 Å². The lowest BCUT2D eigenvalue weighted by atomic mass is 9.75. The highest BCUT2D eigenvalue weighted by Gasteiger charge is 2.46. The summed E-state index contributed by atoms with van der Waals surface area (Å²) in [6, 6.07) is 8.29. The Bertz CT molecular complexity index is 425. The summed E-state index contributed by atoms with van der Waals surface area (Å²) < 4.78 is 12.3. The van der Waals surface area contributed by atoms with E-state index in [4.69, 9.17) is 9.47 Å². The van der Waals surface area contributed by atoms with Crippen molar-refractivity contribution in [1.82, 2.24) is 0 Å². The Morgan fingerprint density at radius 1 is 1.18 bits per heavy atom. The van der Waals surface area contributed by atoms with Crippen LogP contribution in [-0.4, -0.2) is 11.7 Å². The zero-order valence-electron chi connectivity index (χ0n) is 10.8. The number of para-hydroxylation sites is 1. The molecule has 0 amide bonds. The van der Waals surface area contributed by atoms with E-state index in [1.807, 2.05) is 6.07 Å². The Labute approximate surface area is 103 Å². The van der Waals surface area contributed by atoms with Gasteiger partial charge in [-0.1, -0.05) is 18.2 Å². The molecule has 1 saturated heterocycles. The van der Waals surface area contributed by atoms with E-state index in [-0.39, 0.29) is 11.7 Å². The normalized spacial score (nSPS) is 34.4. The predicted octanol–water partition coefficient (Wildman–Crippen LogP) is 3.71. The molecular weight excluding hydrogens is 212 g/mol. The predicted molar refractivity (Wildman–Crippen MR) is 67.2 cm³/mol. The van der Waals surface area contributed by atoms with Gasteiger partial charge in [-0.3, -0.25) is 0 Å². The van der Waals surface area contributed by atoms with Crippen LogP contribution in [0, 0.1) is 5.92 Å². The molecule has 2 nitrogen and oxygen atoms in total. The standard InChI is InChI=1S/C15H20O2/c1-10-8-9-12-14(16-10)11-6-4-5-7-13(11)17-15(12,2)3/h4-7,10,12,14H,8-9H2,1-3H3/t10-,12-,14+/m0/s1. The van der Waals surface area contributed by atoms with Gasteiger partial charge in [-0.25, -0.2) is 0 Å². The molecule has 2 aliphatic heterocycles. The van der Waals surface area contributed by atoms with Crippen molar-refractivity contribution < 1.29 is 9.47 Å². The third-order valence-corrected chi connectivity index (χ3v) is 4.12. The van der Waals surface area contributed by atoms with Gasteiger partial charge in [-0.15, -0.1) is 0 Å². The Balaban J connectivity index is 2.05. The maximum atomic E-state index is 6.17. The maximum Gasteiger partial charge on any atom is 0.125 e. The van der Waals surface area contributed by atoms with Crippen LogP contribution >= 0.6 is 0 Å². The molecule has 2 heteroatoms. The van der Waals surface area contributed by atoms with Crippen LogP contribution in [0.1, 0.15) is 45.3 Å². The number of rotatable bonds is 0. The summed E-state index contributed by atoms with van der Waals surface area (Å²) in [4.78, 5) is 0. The Kier molecular flexibility index (Phi) is 2.44. The summed E-state index contributed by atoms with van der Waals surface area (Å²) in [5, 5.41) is 0. The van der Waals surface area contributed by atoms with Gasteiger partial charge in [-0.05, 0) is 39.7 Å². The smallest absolute Gasteiger partial charge is 0.125 e. The number of hydrogen-bond acceptors (Lipinski definition) is 2. The van der Waals surface area contributed by atoms with Crippen LogP contribution in [0.3, 0.4) is 0 Å². The topological polar surface area (TPSA) is 18.5 Å².